The maximum atomic E-state index is 9.73. The van der Waals surface area contributed by atoms with Crippen LogP contribution in [0.2, 0.25) is 5.02 Å². The number of thioether (sulfide) groups is 1. The summed E-state index contributed by atoms with van der Waals surface area (Å²) in [6.45, 7) is 2.00. The van der Waals surface area contributed by atoms with E-state index in [1.54, 1.807) is 11.8 Å². The first-order valence-corrected chi connectivity index (χ1v) is 5.76. The Bertz CT molecular complexity index is 338. The summed E-state index contributed by atoms with van der Waals surface area (Å²) in [5, 5.41) is 10.5. The summed E-state index contributed by atoms with van der Waals surface area (Å²) in [5.41, 5.74) is 3.24. The van der Waals surface area contributed by atoms with E-state index in [-0.39, 0.29) is 6.10 Å². The number of aliphatic hydroxyl groups excluding tert-OH is 1. The molecule has 0 saturated carbocycles. The molecule has 2 rings (SSSR count). The van der Waals surface area contributed by atoms with Gasteiger partial charge in [-0.3, -0.25) is 0 Å². The largest absolute Gasteiger partial charge is 0.388 e. The van der Waals surface area contributed by atoms with E-state index in [9.17, 15) is 5.11 Å². The average Bonchev–Trinajstić information content (AvgIpc) is 2.07. The molecule has 0 unspecified atom stereocenters. The summed E-state index contributed by atoms with van der Waals surface area (Å²) in [5.74, 6) is 1.71. The number of halogens is 1. The van der Waals surface area contributed by atoms with Crippen molar-refractivity contribution in [1.29, 1.82) is 0 Å². The maximum absolute atomic E-state index is 9.73. The first kappa shape index (κ1) is 9.38. The van der Waals surface area contributed by atoms with Crippen LogP contribution in [0.1, 0.15) is 22.8 Å². The van der Waals surface area contributed by atoms with Crippen molar-refractivity contribution in [3.63, 3.8) is 0 Å². The molecular formula is C10H11ClOS. The first-order valence-electron chi connectivity index (χ1n) is 4.23. The van der Waals surface area contributed by atoms with Crippen LogP contribution in [0.3, 0.4) is 0 Å². The van der Waals surface area contributed by atoms with Crippen LogP contribution in [-0.4, -0.2) is 10.9 Å². The third kappa shape index (κ3) is 1.71. The Hall–Kier alpha value is -0.180. The second-order valence-electron chi connectivity index (χ2n) is 3.35. The molecule has 0 aliphatic carbocycles. The molecule has 1 aliphatic heterocycles. The number of hydrogen-bond donors (Lipinski definition) is 1. The molecule has 0 amide bonds. The Morgan fingerprint density at radius 1 is 1.54 bits per heavy atom. The van der Waals surface area contributed by atoms with E-state index < -0.39 is 0 Å². The molecule has 13 heavy (non-hydrogen) atoms. The lowest BCUT2D eigenvalue weighted by atomic mass is 10.0. The Morgan fingerprint density at radius 3 is 3.08 bits per heavy atom. The van der Waals surface area contributed by atoms with Gasteiger partial charge in [0.25, 0.3) is 0 Å². The predicted molar refractivity (Wildman–Crippen MR) is 57.3 cm³/mol. The third-order valence-corrected chi connectivity index (χ3v) is 3.64. The van der Waals surface area contributed by atoms with E-state index in [2.05, 4.69) is 0 Å². The van der Waals surface area contributed by atoms with Gasteiger partial charge < -0.3 is 5.11 Å². The number of aryl methyl sites for hydroxylation is 1. The molecule has 0 aromatic heterocycles. The van der Waals surface area contributed by atoms with E-state index in [0.29, 0.717) is 0 Å². The van der Waals surface area contributed by atoms with E-state index in [1.807, 2.05) is 19.1 Å². The Labute approximate surface area is 87.1 Å². The summed E-state index contributed by atoms with van der Waals surface area (Å²) < 4.78 is 0. The van der Waals surface area contributed by atoms with Gasteiger partial charge in [0.2, 0.25) is 0 Å². The van der Waals surface area contributed by atoms with Gasteiger partial charge in [0.15, 0.2) is 0 Å². The normalized spacial score (nSPS) is 21.3. The van der Waals surface area contributed by atoms with E-state index >= 15 is 0 Å². The Morgan fingerprint density at radius 2 is 2.31 bits per heavy atom. The second kappa shape index (κ2) is 3.52. The predicted octanol–water partition coefficient (Wildman–Crippen LogP) is 2.93. The van der Waals surface area contributed by atoms with Crippen LogP contribution >= 0.6 is 23.4 Å². The topological polar surface area (TPSA) is 20.2 Å². The number of benzene rings is 1. The van der Waals surface area contributed by atoms with Gasteiger partial charge in [-0.2, -0.15) is 11.8 Å². The molecule has 0 bridgehead atoms. The van der Waals surface area contributed by atoms with Gasteiger partial charge in [-0.1, -0.05) is 17.7 Å². The average molecular weight is 215 g/mol. The number of fused-ring (bicyclic) bond motifs is 1. The highest BCUT2D eigenvalue weighted by atomic mass is 35.5. The summed E-state index contributed by atoms with van der Waals surface area (Å²) in [7, 11) is 0. The third-order valence-electron chi connectivity index (χ3n) is 2.26. The smallest absolute Gasteiger partial charge is 0.0884 e. The van der Waals surface area contributed by atoms with Crippen molar-refractivity contribution in [3.8, 4) is 0 Å². The highest BCUT2D eigenvalue weighted by Crippen LogP contribution is 2.36. The SMILES string of the molecule is Cc1cc(Cl)c2c(c1)[C@H](O)CSC2. The highest BCUT2D eigenvalue weighted by Gasteiger charge is 2.20. The number of rotatable bonds is 0. The molecule has 1 nitrogen and oxygen atoms in total. The van der Waals surface area contributed by atoms with Crippen LogP contribution in [-0.2, 0) is 5.75 Å². The zero-order valence-corrected chi connectivity index (χ0v) is 8.95. The minimum absolute atomic E-state index is 0.342. The van der Waals surface area contributed by atoms with Crippen LogP contribution < -0.4 is 0 Å². The molecule has 0 saturated heterocycles. The van der Waals surface area contributed by atoms with E-state index in [0.717, 1.165) is 33.2 Å². The Balaban J connectivity index is 2.56. The summed E-state index contributed by atoms with van der Waals surface area (Å²) in [6, 6.07) is 3.99. The fourth-order valence-electron chi connectivity index (χ4n) is 1.61. The Kier molecular flexibility index (Phi) is 2.54. The standard InChI is InChI=1S/C10H11ClOS/c1-6-2-7-8(9(11)3-6)4-13-5-10(7)12/h2-3,10,12H,4-5H2,1H3/t10-/m1/s1. The van der Waals surface area contributed by atoms with Crippen molar-refractivity contribution in [2.45, 2.75) is 18.8 Å². The number of aliphatic hydroxyl groups is 1. The van der Waals surface area contributed by atoms with Crippen LogP contribution in [0, 0.1) is 6.92 Å². The molecule has 1 aliphatic rings. The maximum Gasteiger partial charge on any atom is 0.0884 e. The van der Waals surface area contributed by atoms with Gasteiger partial charge in [0, 0.05) is 16.5 Å². The summed E-state index contributed by atoms with van der Waals surface area (Å²) in [6.07, 6.45) is -0.342. The molecule has 1 heterocycles. The van der Waals surface area contributed by atoms with Gasteiger partial charge in [-0.05, 0) is 29.7 Å². The van der Waals surface area contributed by atoms with Crippen LogP contribution in [0.25, 0.3) is 0 Å². The minimum atomic E-state index is -0.342. The van der Waals surface area contributed by atoms with Gasteiger partial charge in [-0.25, -0.2) is 0 Å². The summed E-state index contributed by atoms with van der Waals surface area (Å²) >= 11 is 7.82. The van der Waals surface area contributed by atoms with Crippen molar-refractivity contribution in [2.24, 2.45) is 0 Å². The monoisotopic (exact) mass is 214 g/mol. The van der Waals surface area contributed by atoms with Crippen molar-refractivity contribution in [1.82, 2.24) is 0 Å². The lowest BCUT2D eigenvalue weighted by Gasteiger charge is -2.22. The second-order valence-corrected chi connectivity index (χ2v) is 4.78. The quantitative estimate of drug-likeness (QED) is 0.717. The molecule has 70 valence electrons. The van der Waals surface area contributed by atoms with Crippen molar-refractivity contribution in [3.05, 3.63) is 33.8 Å². The molecule has 1 N–H and O–H groups in total. The molecule has 0 radical (unpaired) electrons. The number of hydrogen-bond acceptors (Lipinski definition) is 2. The fourth-order valence-corrected chi connectivity index (χ4v) is 3.09. The molecule has 3 heteroatoms. The van der Waals surface area contributed by atoms with Gasteiger partial charge in [0.1, 0.15) is 0 Å². The molecule has 1 atom stereocenters. The van der Waals surface area contributed by atoms with Gasteiger partial charge in [0.05, 0.1) is 6.10 Å². The van der Waals surface area contributed by atoms with Crippen LogP contribution in [0.4, 0.5) is 0 Å². The molecule has 1 aromatic rings. The molecule has 0 spiro atoms. The van der Waals surface area contributed by atoms with Gasteiger partial charge in [-0.15, -0.1) is 0 Å². The van der Waals surface area contributed by atoms with Crippen LogP contribution in [0.5, 0.6) is 0 Å². The van der Waals surface area contributed by atoms with Gasteiger partial charge >= 0.3 is 0 Å². The minimum Gasteiger partial charge on any atom is -0.388 e. The highest BCUT2D eigenvalue weighted by molar-refractivity contribution is 7.98. The van der Waals surface area contributed by atoms with Crippen LogP contribution in [0.15, 0.2) is 12.1 Å². The van der Waals surface area contributed by atoms with Crippen molar-refractivity contribution < 1.29 is 5.11 Å². The molecular weight excluding hydrogens is 204 g/mol. The molecule has 1 aromatic carbocycles. The lowest BCUT2D eigenvalue weighted by Crippen LogP contribution is -2.10. The van der Waals surface area contributed by atoms with E-state index in [4.69, 9.17) is 11.6 Å². The van der Waals surface area contributed by atoms with Crippen molar-refractivity contribution >= 4 is 23.4 Å². The molecule has 0 fully saturated rings. The van der Waals surface area contributed by atoms with Crippen molar-refractivity contribution in [2.75, 3.05) is 5.75 Å². The zero-order valence-electron chi connectivity index (χ0n) is 7.38. The summed E-state index contributed by atoms with van der Waals surface area (Å²) in [4.78, 5) is 0. The van der Waals surface area contributed by atoms with E-state index in [1.165, 1.54) is 0 Å². The first-order chi connectivity index (χ1) is 6.18. The lowest BCUT2D eigenvalue weighted by molar-refractivity contribution is 0.201. The zero-order chi connectivity index (χ0) is 9.42. The fraction of sp³-hybridized carbons (Fsp3) is 0.400.